The van der Waals surface area contributed by atoms with Gasteiger partial charge in [0.15, 0.2) is 18.9 Å². The Labute approximate surface area is 404 Å². The molecule has 12 N–H and O–H groups in total. The summed E-state index contributed by atoms with van der Waals surface area (Å²) in [5, 5.41) is 120. The molecule has 19 nitrogen and oxygen atoms in total. The topological polar surface area (TPSA) is 307 Å². The van der Waals surface area contributed by atoms with Crippen molar-refractivity contribution in [2.75, 3.05) is 26.4 Å². The molecule has 0 spiro atoms. The van der Waals surface area contributed by atoms with Crippen LogP contribution < -0.4 is 5.32 Å². The largest absolute Gasteiger partial charge is 0.394 e. The molecule has 3 saturated heterocycles. The predicted octanol–water partition coefficient (Wildman–Crippen LogP) is 2.09. The molecule has 0 aromatic rings. The summed E-state index contributed by atoms with van der Waals surface area (Å²) in [6.07, 6.45) is 0.795. The summed E-state index contributed by atoms with van der Waals surface area (Å²) in [5.41, 5.74) is 0. The number of nitrogens with one attached hydrogen (secondary N) is 1. The second-order valence-corrected chi connectivity index (χ2v) is 19.4. The molecule has 1 amide bonds. The van der Waals surface area contributed by atoms with Crippen LogP contribution >= 0.6 is 0 Å². The Hall–Kier alpha value is -1.21. The zero-order valence-corrected chi connectivity index (χ0v) is 41.1. The lowest BCUT2D eigenvalue weighted by Gasteiger charge is -2.48. The molecule has 0 bridgehead atoms. The minimum atomic E-state index is -1.97. The summed E-state index contributed by atoms with van der Waals surface area (Å²) in [6, 6.07) is -0.876. The molecule has 68 heavy (non-hydrogen) atoms. The van der Waals surface area contributed by atoms with Gasteiger partial charge in [0.2, 0.25) is 5.91 Å². The molecule has 19 heteroatoms. The molecular weight excluding hydrogens is 891 g/mol. The average Bonchev–Trinajstić information content (AvgIpc) is 3.33. The highest BCUT2D eigenvalue weighted by Crippen LogP contribution is 2.33. The first-order valence-electron chi connectivity index (χ1n) is 26.3. The summed E-state index contributed by atoms with van der Waals surface area (Å²) >= 11 is 0. The van der Waals surface area contributed by atoms with Crippen LogP contribution in [0.15, 0.2) is 0 Å². The van der Waals surface area contributed by atoms with Crippen LogP contribution in [0, 0.1) is 0 Å². The molecule has 3 aliphatic heterocycles. The van der Waals surface area contributed by atoms with Crippen molar-refractivity contribution < 1.29 is 89.4 Å². The Kier molecular flexibility index (Phi) is 31.5. The summed E-state index contributed by atoms with van der Waals surface area (Å²) in [6.45, 7) is 1.73. The number of aliphatic hydroxyl groups is 11. The van der Waals surface area contributed by atoms with Crippen LogP contribution in [0.5, 0.6) is 0 Å². The van der Waals surface area contributed by atoms with E-state index in [1.54, 1.807) is 0 Å². The fraction of sp³-hybridized carbons (Fsp3) is 0.980. The Balaban J connectivity index is 1.54. The van der Waals surface area contributed by atoms with Crippen LogP contribution in [-0.4, -0.2) is 193 Å². The van der Waals surface area contributed by atoms with Gasteiger partial charge in [-0.3, -0.25) is 4.79 Å². The maximum absolute atomic E-state index is 13.2. The number of carbonyl (C=O) groups excluding carboxylic acids is 1. The van der Waals surface area contributed by atoms with Crippen LogP contribution in [0.3, 0.4) is 0 Å². The van der Waals surface area contributed by atoms with Gasteiger partial charge in [0.25, 0.3) is 0 Å². The molecule has 0 radical (unpaired) electrons. The lowest BCUT2D eigenvalue weighted by atomic mass is 9.96. The molecule has 17 atom stereocenters. The first-order valence-corrected chi connectivity index (χ1v) is 26.3. The minimum Gasteiger partial charge on any atom is -0.394 e. The Morgan fingerprint density at radius 3 is 1.28 bits per heavy atom. The van der Waals surface area contributed by atoms with Gasteiger partial charge in [0.05, 0.1) is 38.6 Å². The van der Waals surface area contributed by atoms with Gasteiger partial charge in [-0.1, -0.05) is 155 Å². The SMILES string of the molecule is CCCCCCCCCCCCCCCCC(=O)NC(COC1OC(CO)C(OC2OC(CO)C(OC3OC(CO)C(O)C(O)C3O)C(O)C2O)C(O)C1O)C(O)CCCCCCCCCCC. The first kappa shape index (κ1) is 61.1. The van der Waals surface area contributed by atoms with Crippen molar-refractivity contribution in [2.45, 2.75) is 279 Å². The normalized spacial score (nSPS) is 33.1. The maximum atomic E-state index is 13.2. The molecule has 0 aromatic heterocycles. The highest BCUT2D eigenvalue weighted by molar-refractivity contribution is 5.76. The Morgan fingerprint density at radius 1 is 0.471 bits per heavy atom. The quantitative estimate of drug-likeness (QED) is 0.0397. The van der Waals surface area contributed by atoms with Gasteiger partial charge in [-0.15, -0.1) is 0 Å². The summed E-state index contributed by atoms with van der Waals surface area (Å²) in [5.74, 6) is -0.245. The maximum Gasteiger partial charge on any atom is 0.220 e. The molecule has 402 valence electrons. The van der Waals surface area contributed by atoms with E-state index in [4.69, 9.17) is 28.4 Å². The number of hydrogen-bond donors (Lipinski definition) is 12. The van der Waals surface area contributed by atoms with E-state index in [2.05, 4.69) is 19.2 Å². The molecule has 0 aromatic carbocycles. The smallest absolute Gasteiger partial charge is 0.220 e. The van der Waals surface area contributed by atoms with E-state index in [0.717, 1.165) is 44.9 Å². The summed E-state index contributed by atoms with van der Waals surface area (Å²) in [7, 11) is 0. The molecule has 0 saturated carbocycles. The Morgan fingerprint density at radius 2 is 0.838 bits per heavy atom. The number of rotatable bonds is 37. The fourth-order valence-corrected chi connectivity index (χ4v) is 9.25. The van der Waals surface area contributed by atoms with E-state index in [1.165, 1.54) is 96.3 Å². The van der Waals surface area contributed by atoms with Gasteiger partial charge in [0.1, 0.15) is 73.2 Å². The third-order valence-corrected chi connectivity index (χ3v) is 13.7. The third-order valence-electron chi connectivity index (χ3n) is 13.7. The van der Waals surface area contributed by atoms with Gasteiger partial charge in [0, 0.05) is 6.42 Å². The number of unbranched alkanes of at least 4 members (excludes halogenated alkanes) is 21. The molecule has 17 unspecified atom stereocenters. The zero-order chi connectivity index (χ0) is 49.8. The number of aliphatic hydroxyl groups excluding tert-OH is 11. The van der Waals surface area contributed by atoms with Crippen molar-refractivity contribution in [1.29, 1.82) is 0 Å². The van der Waals surface area contributed by atoms with E-state index in [0.29, 0.717) is 12.8 Å². The van der Waals surface area contributed by atoms with Crippen molar-refractivity contribution in [3.8, 4) is 0 Å². The lowest BCUT2D eigenvalue weighted by Crippen LogP contribution is -2.66. The van der Waals surface area contributed by atoms with Crippen molar-refractivity contribution in [3.05, 3.63) is 0 Å². The average molecular weight is 984 g/mol. The highest BCUT2D eigenvalue weighted by atomic mass is 16.8. The fourth-order valence-electron chi connectivity index (χ4n) is 9.25. The molecule has 3 rings (SSSR count). The second kappa shape index (κ2) is 35.0. The highest BCUT2D eigenvalue weighted by Gasteiger charge is 2.53. The van der Waals surface area contributed by atoms with E-state index in [-0.39, 0.29) is 18.9 Å². The minimum absolute atomic E-state index is 0.245. The van der Waals surface area contributed by atoms with Crippen LogP contribution in [0.4, 0.5) is 0 Å². The molecule has 3 fully saturated rings. The molecule has 0 aliphatic carbocycles. The van der Waals surface area contributed by atoms with Crippen molar-refractivity contribution in [3.63, 3.8) is 0 Å². The van der Waals surface area contributed by atoms with Crippen LogP contribution in [0.1, 0.15) is 174 Å². The number of amides is 1. The van der Waals surface area contributed by atoms with Crippen LogP contribution in [0.2, 0.25) is 0 Å². The van der Waals surface area contributed by atoms with Crippen molar-refractivity contribution >= 4 is 5.91 Å². The van der Waals surface area contributed by atoms with Crippen LogP contribution in [-0.2, 0) is 33.2 Å². The standard InChI is InChI=1S/C49H93NO18/c1-3-5-7-9-11-13-14-15-16-17-19-21-23-25-27-37(55)50-32(33(54)26-24-22-20-18-12-10-8-6-4-2)31-63-47-43(61)40(58)45(35(29-52)65-47)68-49-44(62)41(59)46(36(30-53)66-49)67-48-42(60)39(57)38(56)34(28-51)64-48/h32-36,38-49,51-54,56-62H,3-31H2,1-2H3,(H,50,55). The summed E-state index contributed by atoms with van der Waals surface area (Å²) < 4.78 is 34.1. The summed E-state index contributed by atoms with van der Waals surface area (Å²) in [4.78, 5) is 13.2. The van der Waals surface area contributed by atoms with E-state index in [1.807, 2.05) is 0 Å². The number of ether oxygens (including phenoxy) is 6. The van der Waals surface area contributed by atoms with E-state index < -0.39 is 124 Å². The van der Waals surface area contributed by atoms with Crippen molar-refractivity contribution in [1.82, 2.24) is 5.32 Å². The molecule has 3 heterocycles. The van der Waals surface area contributed by atoms with E-state index >= 15 is 0 Å². The van der Waals surface area contributed by atoms with Gasteiger partial charge >= 0.3 is 0 Å². The molecular formula is C49H93NO18. The predicted molar refractivity (Wildman–Crippen MR) is 250 cm³/mol. The lowest BCUT2D eigenvalue weighted by molar-refractivity contribution is -0.379. The zero-order valence-electron chi connectivity index (χ0n) is 41.1. The van der Waals surface area contributed by atoms with E-state index in [9.17, 15) is 61.0 Å². The van der Waals surface area contributed by atoms with Crippen molar-refractivity contribution in [2.24, 2.45) is 0 Å². The van der Waals surface area contributed by atoms with Crippen LogP contribution in [0.25, 0.3) is 0 Å². The van der Waals surface area contributed by atoms with Gasteiger partial charge < -0.3 is 89.9 Å². The first-order chi connectivity index (χ1) is 32.8. The Bertz CT molecular complexity index is 1270. The molecule has 3 aliphatic rings. The monoisotopic (exact) mass is 984 g/mol. The second-order valence-electron chi connectivity index (χ2n) is 19.4. The van der Waals surface area contributed by atoms with Gasteiger partial charge in [-0.25, -0.2) is 0 Å². The number of hydrogen-bond acceptors (Lipinski definition) is 18. The van der Waals surface area contributed by atoms with Gasteiger partial charge in [-0.2, -0.15) is 0 Å². The number of carbonyl (C=O) groups is 1. The third kappa shape index (κ3) is 20.7. The van der Waals surface area contributed by atoms with Gasteiger partial charge in [-0.05, 0) is 12.8 Å².